The summed E-state index contributed by atoms with van der Waals surface area (Å²) >= 11 is 0. The van der Waals surface area contributed by atoms with Crippen molar-refractivity contribution in [2.75, 3.05) is 58.7 Å². The second kappa shape index (κ2) is 12.6. The van der Waals surface area contributed by atoms with Crippen LogP contribution in [0.5, 0.6) is 5.75 Å². The van der Waals surface area contributed by atoms with E-state index < -0.39 is 0 Å². The lowest BCUT2D eigenvalue weighted by molar-refractivity contribution is 0.237. The van der Waals surface area contributed by atoms with Gasteiger partial charge in [0.1, 0.15) is 29.5 Å². The van der Waals surface area contributed by atoms with E-state index in [4.69, 9.17) is 4.74 Å². The SMILES string of the molecule is CN(C)CCNc1cc(F)cc(-c2ccnc3[nH]c(-c4n[nH]c5cnc(-c6cncc(OCCN7CCCC7)c6)cc45)cc23)c1. The molecule has 45 heavy (non-hydrogen) atoms. The maximum atomic E-state index is 14.7. The Morgan fingerprint density at radius 3 is 2.73 bits per heavy atom. The lowest BCUT2D eigenvalue weighted by Gasteiger charge is -2.15. The molecule has 7 rings (SSSR count). The van der Waals surface area contributed by atoms with Crippen molar-refractivity contribution in [3.63, 3.8) is 0 Å². The number of halogens is 1. The van der Waals surface area contributed by atoms with Crippen molar-refractivity contribution < 1.29 is 9.13 Å². The molecule has 0 atom stereocenters. The van der Waals surface area contributed by atoms with Gasteiger partial charge in [0, 0.05) is 54.1 Å². The molecular formula is C34H36FN9O. The van der Waals surface area contributed by atoms with E-state index in [9.17, 15) is 4.39 Å². The zero-order valence-electron chi connectivity index (χ0n) is 25.5. The molecule has 10 nitrogen and oxygen atoms in total. The molecule has 0 amide bonds. The number of nitrogens with zero attached hydrogens (tertiary/aromatic N) is 6. The van der Waals surface area contributed by atoms with Crippen molar-refractivity contribution in [2.24, 2.45) is 0 Å². The zero-order valence-corrected chi connectivity index (χ0v) is 25.5. The van der Waals surface area contributed by atoms with Crippen LogP contribution in [0.1, 0.15) is 12.8 Å². The number of hydrogen-bond donors (Lipinski definition) is 3. The van der Waals surface area contributed by atoms with Crippen LogP contribution in [0.2, 0.25) is 0 Å². The highest BCUT2D eigenvalue weighted by molar-refractivity contribution is 6.00. The quantitative estimate of drug-likeness (QED) is 0.170. The average Bonchev–Trinajstić information content (AvgIpc) is 3.80. The van der Waals surface area contributed by atoms with Crippen molar-refractivity contribution in [1.82, 2.24) is 39.9 Å². The smallest absolute Gasteiger partial charge is 0.138 e. The fraction of sp³-hybridized carbons (Fsp3) is 0.294. The number of hydrogen-bond acceptors (Lipinski definition) is 8. The Labute approximate surface area is 260 Å². The largest absolute Gasteiger partial charge is 0.491 e. The van der Waals surface area contributed by atoms with E-state index >= 15 is 0 Å². The fourth-order valence-corrected chi connectivity index (χ4v) is 5.89. The first kappa shape index (κ1) is 28.9. The van der Waals surface area contributed by atoms with E-state index in [1.807, 2.05) is 44.4 Å². The molecule has 1 aliphatic rings. The van der Waals surface area contributed by atoms with Crippen molar-refractivity contribution in [3.8, 4) is 39.5 Å². The fourth-order valence-electron chi connectivity index (χ4n) is 5.89. The minimum absolute atomic E-state index is 0.297. The Bertz CT molecular complexity index is 1940. The van der Waals surface area contributed by atoms with E-state index in [-0.39, 0.29) is 5.82 Å². The van der Waals surface area contributed by atoms with Gasteiger partial charge in [-0.2, -0.15) is 5.10 Å². The molecule has 0 bridgehead atoms. The number of anilines is 1. The number of benzene rings is 1. The number of pyridine rings is 3. The first-order chi connectivity index (χ1) is 22.0. The molecule has 1 aromatic carbocycles. The Kier molecular flexibility index (Phi) is 8.10. The lowest BCUT2D eigenvalue weighted by atomic mass is 10.0. The third-order valence-electron chi connectivity index (χ3n) is 8.22. The van der Waals surface area contributed by atoms with Gasteiger partial charge in [-0.15, -0.1) is 0 Å². The number of rotatable bonds is 11. The second-order valence-corrected chi connectivity index (χ2v) is 11.8. The summed E-state index contributed by atoms with van der Waals surface area (Å²) in [4.78, 5) is 21.6. The van der Waals surface area contributed by atoms with Gasteiger partial charge in [-0.1, -0.05) is 0 Å². The summed E-state index contributed by atoms with van der Waals surface area (Å²) < 4.78 is 20.8. The van der Waals surface area contributed by atoms with Crippen LogP contribution in [0.25, 0.3) is 55.7 Å². The number of H-pyrrole nitrogens is 2. The van der Waals surface area contributed by atoms with Crippen molar-refractivity contribution in [1.29, 1.82) is 0 Å². The third kappa shape index (κ3) is 6.36. The van der Waals surface area contributed by atoms with E-state index in [1.54, 1.807) is 30.9 Å². The molecule has 1 saturated heterocycles. The van der Waals surface area contributed by atoms with Gasteiger partial charge in [-0.05, 0) is 93.6 Å². The predicted octanol–water partition coefficient (Wildman–Crippen LogP) is 5.82. The summed E-state index contributed by atoms with van der Waals surface area (Å²) in [5, 5.41) is 12.8. The predicted molar refractivity (Wildman–Crippen MR) is 176 cm³/mol. The van der Waals surface area contributed by atoms with Gasteiger partial charge in [0.15, 0.2) is 0 Å². The summed E-state index contributed by atoms with van der Waals surface area (Å²) in [7, 11) is 4.02. The Balaban J connectivity index is 1.17. The van der Waals surface area contributed by atoms with Crippen molar-refractivity contribution in [3.05, 3.63) is 73.1 Å². The van der Waals surface area contributed by atoms with Crippen LogP contribution < -0.4 is 10.1 Å². The van der Waals surface area contributed by atoms with Crippen LogP contribution in [-0.2, 0) is 0 Å². The molecule has 0 saturated carbocycles. The number of fused-ring (bicyclic) bond motifs is 2. The highest BCUT2D eigenvalue weighted by Crippen LogP contribution is 2.35. The first-order valence-electron chi connectivity index (χ1n) is 15.3. The minimum Gasteiger partial charge on any atom is -0.491 e. The third-order valence-corrected chi connectivity index (χ3v) is 8.22. The molecule has 1 fully saturated rings. The van der Waals surface area contributed by atoms with Crippen LogP contribution in [0, 0.1) is 5.82 Å². The molecule has 0 radical (unpaired) electrons. The summed E-state index contributed by atoms with van der Waals surface area (Å²) in [5.41, 5.74) is 7.08. The topological polar surface area (TPSA) is 111 Å². The van der Waals surface area contributed by atoms with E-state index in [1.165, 1.54) is 18.9 Å². The maximum Gasteiger partial charge on any atom is 0.138 e. The second-order valence-electron chi connectivity index (χ2n) is 11.8. The van der Waals surface area contributed by atoms with E-state index in [2.05, 4.69) is 45.2 Å². The van der Waals surface area contributed by atoms with E-state index in [0.717, 1.165) is 87.7 Å². The summed E-state index contributed by atoms with van der Waals surface area (Å²) in [6.45, 7) is 5.40. The number of likely N-dealkylation sites (N-methyl/N-ethyl adjacent to an activating group) is 1. The number of aromatic nitrogens is 6. The molecular weight excluding hydrogens is 569 g/mol. The molecule has 11 heteroatoms. The van der Waals surface area contributed by atoms with Crippen LogP contribution in [-0.4, -0.2) is 93.4 Å². The number of aromatic amines is 2. The van der Waals surface area contributed by atoms with Gasteiger partial charge in [-0.25, -0.2) is 9.37 Å². The summed E-state index contributed by atoms with van der Waals surface area (Å²) in [6.07, 6.45) is 9.58. The minimum atomic E-state index is -0.297. The molecule has 0 unspecified atom stereocenters. The van der Waals surface area contributed by atoms with Crippen LogP contribution in [0.3, 0.4) is 0 Å². The van der Waals surface area contributed by atoms with Gasteiger partial charge in [-0.3, -0.25) is 20.0 Å². The van der Waals surface area contributed by atoms with Gasteiger partial charge >= 0.3 is 0 Å². The highest BCUT2D eigenvalue weighted by atomic mass is 19.1. The molecule has 0 aliphatic carbocycles. The van der Waals surface area contributed by atoms with Gasteiger partial charge in [0.05, 0.1) is 29.3 Å². The number of nitrogens with one attached hydrogen (secondary N) is 3. The van der Waals surface area contributed by atoms with Crippen molar-refractivity contribution >= 4 is 27.6 Å². The lowest BCUT2D eigenvalue weighted by Crippen LogP contribution is -2.25. The molecule has 230 valence electrons. The van der Waals surface area contributed by atoms with Gasteiger partial charge in [0.2, 0.25) is 0 Å². The molecule has 1 aliphatic heterocycles. The molecule has 3 N–H and O–H groups in total. The zero-order chi connectivity index (χ0) is 30.8. The summed E-state index contributed by atoms with van der Waals surface area (Å²) in [6, 6.07) is 13.0. The van der Waals surface area contributed by atoms with Crippen molar-refractivity contribution in [2.45, 2.75) is 12.8 Å². The Hall–Kier alpha value is -4.87. The highest BCUT2D eigenvalue weighted by Gasteiger charge is 2.17. The Morgan fingerprint density at radius 1 is 0.978 bits per heavy atom. The van der Waals surface area contributed by atoms with Crippen LogP contribution in [0.15, 0.2) is 67.3 Å². The first-order valence-corrected chi connectivity index (χ1v) is 15.3. The molecule has 6 heterocycles. The van der Waals surface area contributed by atoms with Crippen LogP contribution >= 0.6 is 0 Å². The average molecular weight is 606 g/mol. The molecule has 0 spiro atoms. The molecule has 5 aromatic heterocycles. The monoisotopic (exact) mass is 605 g/mol. The van der Waals surface area contributed by atoms with Gasteiger partial charge < -0.3 is 19.9 Å². The summed E-state index contributed by atoms with van der Waals surface area (Å²) in [5.74, 6) is 0.429. The Morgan fingerprint density at radius 2 is 1.87 bits per heavy atom. The number of ether oxygens (including phenoxy) is 1. The standard InChI is InChI=1S/C34H36FN9O/c1-43(2)10-7-37-25-14-22(13-24(35)16-25)27-5-6-38-34-28(27)17-31(40-34)33-29-18-30(39-21-32(29)41-42-33)23-15-26(20-36-19-23)45-12-11-44-8-3-4-9-44/h5-6,13-21,37H,3-4,7-12H2,1-2H3,(H,38,40)(H,41,42). The van der Waals surface area contributed by atoms with Gasteiger partial charge in [0.25, 0.3) is 0 Å². The number of likely N-dealkylation sites (tertiary alicyclic amines) is 1. The molecule has 6 aromatic rings. The van der Waals surface area contributed by atoms with E-state index in [0.29, 0.717) is 18.8 Å². The van der Waals surface area contributed by atoms with Crippen LogP contribution in [0.4, 0.5) is 10.1 Å². The normalized spacial score (nSPS) is 13.8. The maximum absolute atomic E-state index is 14.7.